The highest BCUT2D eigenvalue weighted by Gasteiger charge is 2.22. The van der Waals surface area contributed by atoms with Gasteiger partial charge in [0.2, 0.25) is 0 Å². The molecule has 4 nitrogen and oxygen atoms in total. The van der Waals surface area contributed by atoms with Gasteiger partial charge in [-0.1, -0.05) is 0 Å². The number of nitrogens with one attached hydrogen (secondary N) is 1. The first-order valence-electron chi connectivity index (χ1n) is 7.03. The van der Waals surface area contributed by atoms with E-state index in [9.17, 15) is 0 Å². The van der Waals surface area contributed by atoms with Crippen LogP contribution < -0.4 is 5.32 Å². The normalized spacial score (nSPS) is 20.1. The maximum atomic E-state index is 4.48. The summed E-state index contributed by atoms with van der Waals surface area (Å²) in [5.41, 5.74) is 1.53. The molecule has 1 aromatic heterocycles. The van der Waals surface area contributed by atoms with E-state index in [0.29, 0.717) is 6.04 Å². The molecule has 20 heavy (non-hydrogen) atoms. The fourth-order valence-corrected chi connectivity index (χ4v) is 3.63. The van der Waals surface area contributed by atoms with Crippen molar-refractivity contribution in [3.05, 3.63) is 21.9 Å². The van der Waals surface area contributed by atoms with Gasteiger partial charge in [0.1, 0.15) is 0 Å². The Morgan fingerprint density at radius 1 is 1.45 bits per heavy atom. The summed E-state index contributed by atoms with van der Waals surface area (Å²) in [5.74, 6) is 1.06. The van der Waals surface area contributed by atoms with Gasteiger partial charge < -0.3 is 10.2 Å². The van der Waals surface area contributed by atoms with Crippen molar-refractivity contribution < 1.29 is 0 Å². The SMILES string of the molecule is CC(CNC1=NCCN1C)N1CCc2sccc2C1.I. The molecule has 0 aliphatic carbocycles. The molecule has 112 valence electrons. The highest BCUT2D eigenvalue weighted by molar-refractivity contribution is 14.0. The van der Waals surface area contributed by atoms with Crippen LogP contribution in [0.1, 0.15) is 17.4 Å². The predicted octanol–water partition coefficient (Wildman–Crippen LogP) is 2.00. The first-order chi connectivity index (χ1) is 9.24. The van der Waals surface area contributed by atoms with Crippen LogP contribution in [-0.4, -0.2) is 55.0 Å². The number of thiophene rings is 1. The van der Waals surface area contributed by atoms with E-state index in [2.05, 4.69) is 45.5 Å². The largest absolute Gasteiger partial charge is 0.355 e. The number of aliphatic imine (C=N–C) groups is 1. The van der Waals surface area contributed by atoms with Crippen molar-refractivity contribution in [3.8, 4) is 0 Å². The molecule has 0 aromatic carbocycles. The van der Waals surface area contributed by atoms with Crippen LogP contribution in [0.25, 0.3) is 0 Å². The molecule has 0 amide bonds. The molecule has 1 aromatic rings. The quantitative estimate of drug-likeness (QED) is 0.780. The number of fused-ring (bicyclic) bond motifs is 1. The molecule has 0 radical (unpaired) electrons. The third-order valence-corrected chi connectivity index (χ3v) is 5.10. The van der Waals surface area contributed by atoms with E-state index in [-0.39, 0.29) is 24.0 Å². The minimum atomic E-state index is 0. The van der Waals surface area contributed by atoms with Crippen molar-refractivity contribution >= 4 is 41.3 Å². The van der Waals surface area contributed by atoms with Crippen LogP contribution in [0.2, 0.25) is 0 Å². The van der Waals surface area contributed by atoms with Crippen molar-refractivity contribution in [1.82, 2.24) is 15.1 Å². The lowest BCUT2D eigenvalue weighted by Gasteiger charge is -2.33. The van der Waals surface area contributed by atoms with Crippen molar-refractivity contribution in [1.29, 1.82) is 0 Å². The van der Waals surface area contributed by atoms with Gasteiger partial charge in [-0.25, -0.2) is 0 Å². The monoisotopic (exact) mass is 406 g/mol. The van der Waals surface area contributed by atoms with Crippen LogP contribution in [-0.2, 0) is 13.0 Å². The van der Waals surface area contributed by atoms with E-state index >= 15 is 0 Å². The molecule has 3 rings (SSSR count). The Morgan fingerprint density at radius 2 is 2.30 bits per heavy atom. The van der Waals surface area contributed by atoms with Crippen LogP contribution >= 0.6 is 35.3 Å². The van der Waals surface area contributed by atoms with E-state index < -0.39 is 0 Å². The van der Waals surface area contributed by atoms with Crippen LogP contribution in [0.3, 0.4) is 0 Å². The lowest BCUT2D eigenvalue weighted by molar-refractivity contribution is 0.192. The van der Waals surface area contributed by atoms with Gasteiger partial charge >= 0.3 is 0 Å². The minimum absolute atomic E-state index is 0. The third kappa shape index (κ3) is 3.46. The molecule has 0 spiro atoms. The Labute approximate surface area is 142 Å². The lowest BCUT2D eigenvalue weighted by Crippen LogP contribution is -2.46. The van der Waals surface area contributed by atoms with Gasteiger partial charge in [0.15, 0.2) is 5.96 Å². The fraction of sp³-hybridized carbons (Fsp3) is 0.643. The van der Waals surface area contributed by atoms with E-state index in [0.717, 1.165) is 32.1 Å². The summed E-state index contributed by atoms with van der Waals surface area (Å²) in [5, 5.41) is 5.70. The lowest BCUT2D eigenvalue weighted by atomic mass is 10.1. The summed E-state index contributed by atoms with van der Waals surface area (Å²) < 4.78 is 0. The van der Waals surface area contributed by atoms with Gasteiger partial charge in [0.05, 0.1) is 6.54 Å². The average molecular weight is 406 g/mol. The van der Waals surface area contributed by atoms with Crippen LogP contribution in [0.15, 0.2) is 16.4 Å². The molecular weight excluding hydrogens is 383 g/mol. The number of likely N-dealkylation sites (N-methyl/N-ethyl adjacent to an activating group) is 1. The second-order valence-electron chi connectivity index (χ2n) is 5.45. The fourth-order valence-electron chi connectivity index (χ4n) is 2.74. The van der Waals surface area contributed by atoms with Crippen molar-refractivity contribution in [2.75, 3.05) is 33.2 Å². The van der Waals surface area contributed by atoms with Gasteiger partial charge in [0, 0.05) is 44.1 Å². The Kier molecular flexibility index (Phi) is 5.68. The first-order valence-corrected chi connectivity index (χ1v) is 7.91. The molecule has 2 aliphatic rings. The van der Waals surface area contributed by atoms with Gasteiger partial charge in [-0.3, -0.25) is 9.89 Å². The van der Waals surface area contributed by atoms with Gasteiger partial charge in [-0.15, -0.1) is 35.3 Å². The number of rotatable bonds is 3. The van der Waals surface area contributed by atoms with Gasteiger partial charge in [0.25, 0.3) is 0 Å². The summed E-state index contributed by atoms with van der Waals surface area (Å²) in [6.07, 6.45) is 1.21. The molecular formula is C14H23IN4S. The molecule has 6 heteroatoms. The Hall–Kier alpha value is -0.340. The number of guanidine groups is 1. The standard InChI is InChI=1S/C14H22N4S.HI/c1-11(9-16-14-15-5-7-17(14)2)18-6-3-13-12(10-18)4-8-19-13;/h4,8,11H,3,5-7,9-10H2,1-2H3,(H,15,16);1H. The van der Waals surface area contributed by atoms with E-state index in [4.69, 9.17) is 0 Å². The van der Waals surface area contributed by atoms with Crippen molar-refractivity contribution in [3.63, 3.8) is 0 Å². The average Bonchev–Trinajstić information content (AvgIpc) is 3.03. The summed E-state index contributed by atoms with van der Waals surface area (Å²) in [7, 11) is 2.10. The molecule has 0 saturated heterocycles. The molecule has 2 aliphatic heterocycles. The van der Waals surface area contributed by atoms with Crippen LogP contribution in [0.5, 0.6) is 0 Å². The van der Waals surface area contributed by atoms with Crippen molar-refractivity contribution in [2.45, 2.75) is 25.9 Å². The van der Waals surface area contributed by atoms with E-state index in [1.54, 1.807) is 4.88 Å². The van der Waals surface area contributed by atoms with Gasteiger partial charge in [-0.05, 0) is 30.4 Å². The molecule has 3 heterocycles. The van der Waals surface area contributed by atoms with E-state index in [1.165, 1.54) is 18.5 Å². The summed E-state index contributed by atoms with van der Waals surface area (Å²) in [6.45, 7) is 7.53. The number of halogens is 1. The zero-order valence-corrected chi connectivity index (χ0v) is 15.3. The second kappa shape index (κ2) is 7.09. The molecule has 0 saturated carbocycles. The highest BCUT2D eigenvalue weighted by Crippen LogP contribution is 2.24. The number of hydrogen-bond donors (Lipinski definition) is 1. The van der Waals surface area contributed by atoms with E-state index in [1.807, 2.05) is 11.3 Å². The molecule has 1 N–H and O–H groups in total. The zero-order chi connectivity index (χ0) is 13.2. The Balaban J connectivity index is 0.00000147. The molecule has 1 atom stereocenters. The van der Waals surface area contributed by atoms with Crippen LogP contribution in [0.4, 0.5) is 0 Å². The predicted molar refractivity (Wildman–Crippen MR) is 96.2 cm³/mol. The molecule has 0 fully saturated rings. The topological polar surface area (TPSA) is 30.9 Å². The smallest absolute Gasteiger partial charge is 0.193 e. The van der Waals surface area contributed by atoms with Crippen LogP contribution in [0, 0.1) is 0 Å². The Bertz CT molecular complexity index is 473. The van der Waals surface area contributed by atoms with Gasteiger partial charge in [-0.2, -0.15) is 0 Å². The summed E-state index contributed by atoms with van der Waals surface area (Å²) >= 11 is 1.91. The molecule has 0 bridgehead atoms. The number of nitrogens with zero attached hydrogens (tertiary/aromatic N) is 3. The summed E-state index contributed by atoms with van der Waals surface area (Å²) in [4.78, 5) is 10.8. The maximum Gasteiger partial charge on any atom is 0.193 e. The minimum Gasteiger partial charge on any atom is -0.355 e. The maximum absolute atomic E-state index is 4.48. The molecule has 1 unspecified atom stereocenters. The zero-order valence-electron chi connectivity index (χ0n) is 12.1. The Morgan fingerprint density at radius 3 is 3.05 bits per heavy atom. The van der Waals surface area contributed by atoms with Crippen molar-refractivity contribution in [2.24, 2.45) is 4.99 Å². The summed E-state index contributed by atoms with van der Waals surface area (Å²) in [6, 6.07) is 2.82. The number of hydrogen-bond acceptors (Lipinski definition) is 5. The third-order valence-electron chi connectivity index (χ3n) is 4.07. The first kappa shape index (κ1) is 16.0. The second-order valence-corrected chi connectivity index (χ2v) is 6.45. The highest BCUT2D eigenvalue weighted by atomic mass is 127.